The van der Waals surface area contributed by atoms with E-state index in [1.807, 2.05) is 0 Å². The molecule has 1 aliphatic heterocycles. The highest BCUT2D eigenvalue weighted by molar-refractivity contribution is 7.89. The van der Waals surface area contributed by atoms with E-state index in [4.69, 9.17) is 9.47 Å². The van der Waals surface area contributed by atoms with Crippen LogP contribution in [0.2, 0.25) is 0 Å². The molecule has 2 heterocycles. The number of ether oxygens (including phenoxy) is 2. The molecule has 2 aromatic rings. The zero-order valence-corrected chi connectivity index (χ0v) is 17.1. The van der Waals surface area contributed by atoms with Gasteiger partial charge in [-0.15, -0.1) is 5.10 Å². The van der Waals surface area contributed by atoms with Crippen LogP contribution < -0.4 is 14.8 Å². The first-order valence-corrected chi connectivity index (χ1v) is 10.8. The molecule has 1 amide bonds. The molecular weight excluding hydrogens is 398 g/mol. The summed E-state index contributed by atoms with van der Waals surface area (Å²) in [6, 6.07) is 4.47. The normalized spacial score (nSPS) is 17.6. The minimum Gasteiger partial charge on any atom is -0.497 e. The average molecular weight is 421 g/mol. The number of sulfonamides is 1. The van der Waals surface area contributed by atoms with Crippen LogP contribution in [0.1, 0.15) is 29.4 Å². The fraction of sp³-hybridized carbons (Fsp3) is 0.500. The molecule has 0 spiro atoms. The van der Waals surface area contributed by atoms with Crippen LogP contribution >= 0.6 is 0 Å². The first-order valence-electron chi connectivity index (χ1n) is 9.34. The first kappa shape index (κ1) is 19.6. The van der Waals surface area contributed by atoms with E-state index >= 15 is 0 Å². The van der Waals surface area contributed by atoms with Gasteiger partial charge in [0.1, 0.15) is 16.4 Å². The number of hydrogen-bond acceptors (Lipinski definition) is 7. The molecule has 1 N–H and O–H groups in total. The predicted octanol–water partition coefficient (Wildman–Crippen LogP) is 0.681. The second-order valence-electron chi connectivity index (χ2n) is 7.23. The number of aromatic nitrogens is 3. The molecule has 0 unspecified atom stereocenters. The summed E-state index contributed by atoms with van der Waals surface area (Å²) in [6.45, 7) is 1.12. The Labute approximate surface area is 168 Å². The molecule has 0 radical (unpaired) electrons. The van der Waals surface area contributed by atoms with Gasteiger partial charge in [0.2, 0.25) is 10.0 Å². The molecule has 1 saturated heterocycles. The van der Waals surface area contributed by atoms with Gasteiger partial charge in [-0.3, -0.25) is 4.79 Å². The number of amides is 1. The van der Waals surface area contributed by atoms with E-state index < -0.39 is 10.0 Å². The van der Waals surface area contributed by atoms with Gasteiger partial charge in [-0.1, -0.05) is 5.21 Å². The quantitative estimate of drug-likeness (QED) is 0.666. The summed E-state index contributed by atoms with van der Waals surface area (Å²) in [6.07, 6.45) is 3.86. The maximum atomic E-state index is 13.0. The van der Waals surface area contributed by atoms with Gasteiger partial charge in [0.25, 0.3) is 5.91 Å². The molecule has 10 nitrogen and oxygen atoms in total. The lowest BCUT2D eigenvalue weighted by atomic mass is 10.2. The molecule has 2 aliphatic rings. The monoisotopic (exact) mass is 421 g/mol. The second kappa shape index (κ2) is 7.64. The third-order valence-corrected chi connectivity index (χ3v) is 7.04. The molecule has 1 aromatic carbocycles. The van der Waals surface area contributed by atoms with E-state index in [-0.39, 0.29) is 41.4 Å². The molecule has 0 atom stereocenters. The topological polar surface area (TPSA) is 116 Å². The Bertz CT molecular complexity index is 1010. The SMILES string of the molecule is COc1ccc(OC)c(S(=O)(=O)N2CC(n3cc(C(=O)NCC4CC4)nn3)C2)c1. The van der Waals surface area contributed by atoms with E-state index in [0.29, 0.717) is 18.2 Å². The van der Waals surface area contributed by atoms with Crippen molar-refractivity contribution in [2.45, 2.75) is 23.8 Å². The first-order chi connectivity index (χ1) is 13.9. The third-order valence-electron chi connectivity index (χ3n) is 5.18. The fourth-order valence-electron chi connectivity index (χ4n) is 3.11. The van der Waals surface area contributed by atoms with Gasteiger partial charge in [-0.25, -0.2) is 13.1 Å². The highest BCUT2D eigenvalue weighted by Gasteiger charge is 2.40. The summed E-state index contributed by atoms with van der Waals surface area (Å²) in [4.78, 5) is 12.2. The van der Waals surface area contributed by atoms with E-state index in [1.54, 1.807) is 23.0 Å². The van der Waals surface area contributed by atoms with Gasteiger partial charge in [-0.05, 0) is 30.9 Å². The minimum absolute atomic E-state index is 0.0523. The molecule has 4 rings (SSSR count). The zero-order chi connectivity index (χ0) is 20.6. The van der Waals surface area contributed by atoms with E-state index in [1.165, 1.54) is 24.6 Å². The summed E-state index contributed by atoms with van der Waals surface area (Å²) in [5.74, 6) is 1.00. The summed E-state index contributed by atoms with van der Waals surface area (Å²) >= 11 is 0. The fourth-order valence-corrected chi connectivity index (χ4v) is 4.80. The highest BCUT2D eigenvalue weighted by atomic mass is 32.2. The number of nitrogens with zero attached hydrogens (tertiary/aromatic N) is 4. The van der Waals surface area contributed by atoms with Crippen LogP contribution in [0.4, 0.5) is 0 Å². The van der Waals surface area contributed by atoms with Crippen molar-refractivity contribution in [3.8, 4) is 11.5 Å². The summed E-state index contributed by atoms with van der Waals surface area (Å²) < 4.78 is 39.2. The highest BCUT2D eigenvalue weighted by Crippen LogP contribution is 2.34. The number of rotatable bonds is 8. The predicted molar refractivity (Wildman–Crippen MR) is 102 cm³/mol. The van der Waals surface area contributed by atoms with Crippen molar-refractivity contribution < 1.29 is 22.7 Å². The van der Waals surface area contributed by atoms with Crippen molar-refractivity contribution >= 4 is 15.9 Å². The molecule has 0 bridgehead atoms. The molecule has 156 valence electrons. The Morgan fingerprint density at radius 2 is 2.00 bits per heavy atom. The van der Waals surface area contributed by atoms with Crippen LogP contribution in [-0.4, -0.2) is 67.5 Å². The molecular formula is C18H23N5O5S. The maximum absolute atomic E-state index is 13.0. The second-order valence-corrected chi connectivity index (χ2v) is 9.14. The Balaban J connectivity index is 1.42. The maximum Gasteiger partial charge on any atom is 0.273 e. The number of carbonyl (C=O) groups is 1. The van der Waals surface area contributed by atoms with Crippen molar-refractivity contribution in [2.75, 3.05) is 33.9 Å². The molecule has 1 saturated carbocycles. The van der Waals surface area contributed by atoms with Gasteiger partial charge in [0, 0.05) is 25.7 Å². The number of benzene rings is 1. The number of hydrogen-bond donors (Lipinski definition) is 1. The summed E-state index contributed by atoms with van der Waals surface area (Å²) in [5.41, 5.74) is 0.237. The molecule has 29 heavy (non-hydrogen) atoms. The average Bonchev–Trinajstić information content (AvgIpc) is 3.39. The van der Waals surface area contributed by atoms with Gasteiger partial charge in [0.05, 0.1) is 26.5 Å². The van der Waals surface area contributed by atoms with E-state index in [0.717, 1.165) is 12.8 Å². The van der Waals surface area contributed by atoms with Crippen LogP contribution in [-0.2, 0) is 10.0 Å². The van der Waals surface area contributed by atoms with Crippen molar-refractivity contribution in [2.24, 2.45) is 5.92 Å². The van der Waals surface area contributed by atoms with Crippen molar-refractivity contribution in [1.82, 2.24) is 24.6 Å². The number of methoxy groups -OCH3 is 2. The van der Waals surface area contributed by atoms with Crippen molar-refractivity contribution in [3.63, 3.8) is 0 Å². The van der Waals surface area contributed by atoms with Gasteiger partial charge in [0.15, 0.2) is 5.69 Å². The molecule has 1 aromatic heterocycles. The van der Waals surface area contributed by atoms with Crippen LogP contribution in [0.3, 0.4) is 0 Å². The van der Waals surface area contributed by atoms with Crippen LogP contribution in [0.15, 0.2) is 29.3 Å². The molecule has 2 fully saturated rings. The Morgan fingerprint density at radius 1 is 1.24 bits per heavy atom. The smallest absolute Gasteiger partial charge is 0.273 e. The minimum atomic E-state index is -3.75. The Morgan fingerprint density at radius 3 is 2.66 bits per heavy atom. The Kier molecular flexibility index (Phi) is 5.17. The van der Waals surface area contributed by atoms with Gasteiger partial charge in [-0.2, -0.15) is 4.31 Å². The standard InChI is InChI=1S/C18H23N5O5S/c1-27-14-5-6-16(28-2)17(7-14)29(25,26)22-9-13(10-22)23-11-15(20-21-23)18(24)19-8-12-3-4-12/h5-7,11-13H,3-4,8-10H2,1-2H3,(H,19,24). The van der Waals surface area contributed by atoms with Crippen molar-refractivity contribution in [1.29, 1.82) is 0 Å². The van der Waals surface area contributed by atoms with Gasteiger partial charge < -0.3 is 14.8 Å². The Hall–Kier alpha value is -2.66. The molecule has 1 aliphatic carbocycles. The number of nitrogens with one attached hydrogen (secondary N) is 1. The van der Waals surface area contributed by atoms with Crippen molar-refractivity contribution in [3.05, 3.63) is 30.1 Å². The zero-order valence-electron chi connectivity index (χ0n) is 16.2. The summed E-state index contributed by atoms with van der Waals surface area (Å²) in [7, 11) is -0.857. The lowest BCUT2D eigenvalue weighted by Crippen LogP contribution is -2.50. The lowest BCUT2D eigenvalue weighted by molar-refractivity contribution is 0.0946. The largest absolute Gasteiger partial charge is 0.497 e. The van der Waals surface area contributed by atoms with Crippen LogP contribution in [0.25, 0.3) is 0 Å². The van der Waals surface area contributed by atoms with E-state index in [2.05, 4.69) is 15.6 Å². The van der Waals surface area contributed by atoms with E-state index in [9.17, 15) is 13.2 Å². The van der Waals surface area contributed by atoms with Crippen LogP contribution in [0.5, 0.6) is 11.5 Å². The summed E-state index contributed by atoms with van der Waals surface area (Å²) in [5, 5.41) is 10.7. The van der Waals surface area contributed by atoms with Crippen LogP contribution in [0, 0.1) is 5.92 Å². The molecule has 11 heteroatoms. The third kappa shape index (κ3) is 3.92. The van der Waals surface area contributed by atoms with Gasteiger partial charge >= 0.3 is 0 Å². The lowest BCUT2D eigenvalue weighted by Gasteiger charge is -2.37. The number of carbonyl (C=O) groups excluding carboxylic acids is 1.